The largest absolute Gasteiger partial charge is 0.504 e. The Hall–Kier alpha value is -1.30. The highest BCUT2D eigenvalue weighted by molar-refractivity contribution is 5.42. The molecule has 1 aromatic carbocycles. The Balaban J connectivity index is 2.87. The zero-order valence-corrected chi connectivity index (χ0v) is 11.0. The number of methoxy groups -OCH3 is 1. The molecule has 0 heterocycles. The van der Waals surface area contributed by atoms with Crippen molar-refractivity contribution >= 4 is 0 Å². The molecule has 0 fully saturated rings. The van der Waals surface area contributed by atoms with Gasteiger partial charge in [0.2, 0.25) is 0 Å². The van der Waals surface area contributed by atoms with Crippen LogP contribution in [-0.2, 0) is 0 Å². The molecule has 1 unspecified atom stereocenters. The van der Waals surface area contributed by atoms with Gasteiger partial charge in [0.1, 0.15) is 0 Å². The third-order valence-corrected chi connectivity index (χ3v) is 2.97. The van der Waals surface area contributed by atoms with Crippen molar-refractivity contribution in [3.8, 4) is 11.5 Å². The first-order chi connectivity index (χ1) is 8.45. The first-order valence-corrected chi connectivity index (χ1v) is 5.82. The van der Waals surface area contributed by atoms with E-state index in [1.165, 1.54) is 7.11 Å². The minimum absolute atomic E-state index is 0.0838. The van der Waals surface area contributed by atoms with Gasteiger partial charge in [-0.2, -0.15) is 0 Å². The van der Waals surface area contributed by atoms with Crippen LogP contribution in [-0.4, -0.2) is 41.2 Å². The topological polar surface area (TPSA) is 82.0 Å². The normalized spacial score (nSPS) is 13.4. The number of ether oxygens (including phenoxy) is 1. The lowest BCUT2D eigenvalue weighted by Crippen LogP contribution is -2.49. The number of rotatable bonds is 6. The number of hydrogen-bond donors (Lipinski definition) is 4. The van der Waals surface area contributed by atoms with Crippen LogP contribution in [0.2, 0.25) is 0 Å². The zero-order valence-electron chi connectivity index (χ0n) is 11.0. The monoisotopic (exact) mass is 255 g/mol. The van der Waals surface area contributed by atoms with E-state index in [-0.39, 0.29) is 25.0 Å². The fourth-order valence-corrected chi connectivity index (χ4v) is 1.71. The van der Waals surface area contributed by atoms with Gasteiger partial charge in [0.15, 0.2) is 11.5 Å². The van der Waals surface area contributed by atoms with E-state index >= 15 is 0 Å². The predicted octanol–water partition coefficient (Wildman–Crippen LogP) is 0.795. The predicted molar refractivity (Wildman–Crippen MR) is 68.8 cm³/mol. The molecule has 0 aliphatic rings. The molecule has 4 N–H and O–H groups in total. The molecule has 1 atom stereocenters. The highest BCUT2D eigenvalue weighted by Gasteiger charge is 2.24. The molecule has 0 saturated carbocycles. The maximum absolute atomic E-state index is 9.52. The van der Waals surface area contributed by atoms with E-state index in [1.54, 1.807) is 25.1 Å². The summed E-state index contributed by atoms with van der Waals surface area (Å²) in [5, 5.41) is 31.1. The van der Waals surface area contributed by atoms with Crippen molar-refractivity contribution in [1.82, 2.24) is 5.32 Å². The van der Waals surface area contributed by atoms with Gasteiger partial charge in [0.25, 0.3) is 0 Å². The smallest absolute Gasteiger partial charge is 0.160 e. The maximum Gasteiger partial charge on any atom is 0.160 e. The van der Waals surface area contributed by atoms with Crippen molar-refractivity contribution in [2.75, 3.05) is 20.3 Å². The molecule has 5 heteroatoms. The second-order valence-electron chi connectivity index (χ2n) is 4.67. The van der Waals surface area contributed by atoms with Gasteiger partial charge in [0.05, 0.1) is 25.9 Å². The second-order valence-corrected chi connectivity index (χ2v) is 4.67. The van der Waals surface area contributed by atoms with E-state index in [2.05, 4.69) is 5.32 Å². The highest BCUT2D eigenvalue weighted by Crippen LogP contribution is 2.29. The summed E-state index contributed by atoms with van der Waals surface area (Å²) in [6.07, 6.45) is 0. The van der Waals surface area contributed by atoms with E-state index in [9.17, 15) is 15.3 Å². The molecule has 5 nitrogen and oxygen atoms in total. The van der Waals surface area contributed by atoms with Crippen molar-refractivity contribution in [1.29, 1.82) is 0 Å². The average molecular weight is 255 g/mol. The number of nitrogens with one attached hydrogen (secondary N) is 1. The molecule has 18 heavy (non-hydrogen) atoms. The van der Waals surface area contributed by atoms with E-state index in [1.807, 2.05) is 6.92 Å². The lowest BCUT2D eigenvalue weighted by molar-refractivity contribution is 0.0957. The van der Waals surface area contributed by atoms with Crippen molar-refractivity contribution < 1.29 is 20.1 Å². The maximum atomic E-state index is 9.52. The molecule has 1 rings (SSSR count). The standard InChI is InChI=1S/C13H21NO4/c1-9(14-13(2,7-15)8-16)10-4-5-11(17)12(6-10)18-3/h4-6,9,14-17H,7-8H2,1-3H3. The fourth-order valence-electron chi connectivity index (χ4n) is 1.71. The Morgan fingerprint density at radius 3 is 2.44 bits per heavy atom. The van der Waals surface area contributed by atoms with Crippen LogP contribution in [0.25, 0.3) is 0 Å². The fraction of sp³-hybridized carbons (Fsp3) is 0.538. The lowest BCUT2D eigenvalue weighted by atomic mass is 10.0. The van der Waals surface area contributed by atoms with Crippen molar-refractivity contribution in [2.45, 2.75) is 25.4 Å². The van der Waals surface area contributed by atoms with Crippen LogP contribution in [0.5, 0.6) is 11.5 Å². The van der Waals surface area contributed by atoms with E-state index in [0.29, 0.717) is 5.75 Å². The molecule has 0 aliphatic carbocycles. The SMILES string of the molecule is COc1cc(C(C)NC(C)(CO)CO)ccc1O. The molecule has 0 aliphatic heterocycles. The first kappa shape index (κ1) is 14.8. The summed E-state index contributed by atoms with van der Waals surface area (Å²) in [5.41, 5.74) is 0.155. The first-order valence-electron chi connectivity index (χ1n) is 5.82. The molecular formula is C13H21NO4. The summed E-state index contributed by atoms with van der Waals surface area (Å²) in [7, 11) is 1.49. The molecule has 0 bridgehead atoms. The van der Waals surface area contributed by atoms with Gasteiger partial charge in [-0.05, 0) is 31.5 Å². The van der Waals surface area contributed by atoms with Gasteiger partial charge in [0, 0.05) is 6.04 Å². The van der Waals surface area contributed by atoms with Crippen LogP contribution in [0.4, 0.5) is 0 Å². The number of benzene rings is 1. The van der Waals surface area contributed by atoms with Crippen molar-refractivity contribution in [2.24, 2.45) is 0 Å². The summed E-state index contributed by atoms with van der Waals surface area (Å²) in [6.45, 7) is 3.32. The minimum Gasteiger partial charge on any atom is -0.504 e. The van der Waals surface area contributed by atoms with Crippen LogP contribution >= 0.6 is 0 Å². The van der Waals surface area contributed by atoms with E-state index in [4.69, 9.17) is 4.74 Å². The number of hydrogen-bond acceptors (Lipinski definition) is 5. The zero-order chi connectivity index (χ0) is 13.8. The molecule has 0 aromatic heterocycles. The number of aromatic hydroxyl groups is 1. The molecule has 0 spiro atoms. The molecule has 0 saturated heterocycles. The quantitative estimate of drug-likeness (QED) is 0.604. The Labute approximate surface area is 107 Å². The van der Waals surface area contributed by atoms with Crippen LogP contribution in [0.15, 0.2) is 18.2 Å². The van der Waals surface area contributed by atoms with Gasteiger partial charge >= 0.3 is 0 Å². The van der Waals surface area contributed by atoms with Crippen LogP contribution in [0.3, 0.4) is 0 Å². The van der Waals surface area contributed by atoms with Crippen LogP contribution < -0.4 is 10.1 Å². The third kappa shape index (κ3) is 3.35. The van der Waals surface area contributed by atoms with Gasteiger partial charge < -0.3 is 25.4 Å². The number of aliphatic hydroxyl groups is 2. The van der Waals surface area contributed by atoms with Gasteiger partial charge in [-0.25, -0.2) is 0 Å². The van der Waals surface area contributed by atoms with Gasteiger partial charge in [-0.1, -0.05) is 6.07 Å². The minimum atomic E-state index is -0.745. The molecule has 1 aromatic rings. The Bertz CT molecular complexity index is 391. The van der Waals surface area contributed by atoms with Crippen molar-refractivity contribution in [3.05, 3.63) is 23.8 Å². The summed E-state index contributed by atoms with van der Waals surface area (Å²) >= 11 is 0. The van der Waals surface area contributed by atoms with E-state index in [0.717, 1.165) is 5.56 Å². The van der Waals surface area contributed by atoms with Crippen LogP contribution in [0.1, 0.15) is 25.5 Å². The summed E-state index contributed by atoms with van der Waals surface area (Å²) < 4.78 is 5.04. The Morgan fingerprint density at radius 2 is 1.94 bits per heavy atom. The van der Waals surface area contributed by atoms with Crippen molar-refractivity contribution in [3.63, 3.8) is 0 Å². The van der Waals surface area contributed by atoms with Crippen LogP contribution in [0, 0.1) is 0 Å². The Morgan fingerprint density at radius 1 is 1.33 bits per heavy atom. The summed E-state index contributed by atoms with van der Waals surface area (Å²) in [4.78, 5) is 0. The third-order valence-electron chi connectivity index (χ3n) is 2.97. The lowest BCUT2D eigenvalue weighted by Gasteiger charge is -2.30. The number of aliphatic hydroxyl groups excluding tert-OH is 2. The second kappa shape index (κ2) is 6.04. The number of phenolic OH excluding ortho intramolecular Hbond substituents is 1. The molecule has 102 valence electrons. The molecule has 0 radical (unpaired) electrons. The summed E-state index contributed by atoms with van der Waals surface area (Å²) in [6, 6.07) is 4.96. The molecule has 0 amide bonds. The Kier molecular flexibility index (Phi) is 4.95. The average Bonchev–Trinajstić information content (AvgIpc) is 2.39. The highest BCUT2D eigenvalue weighted by atomic mass is 16.5. The van der Waals surface area contributed by atoms with E-state index < -0.39 is 5.54 Å². The summed E-state index contributed by atoms with van der Waals surface area (Å²) in [5.74, 6) is 0.483. The molecular weight excluding hydrogens is 234 g/mol. The van der Waals surface area contributed by atoms with Gasteiger partial charge in [-0.15, -0.1) is 0 Å². The number of phenols is 1. The van der Waals surface area contributed by atoms with Gasteiger partial charge in [-0.3, -0.25) is 0 Å².